The summed E-state index contributed by atoms with van der Waals surface area (Å²) in [5, 5.41) is 2.72. The maximum Gasteiger partial charge on any atom is 0.337 e. The molecule has 0 atom stereocenters. The van der Waals surface area contributed by atoms with Crippen LogP contribution in [0.2, 0.25) is 0 Å². The highest BCUT2D eigenvalue weighted by Crippen LogP contribution is 2.18. The van der Waals surface area contributed by atoms with Crippen molar-refractivity contribution in [3.63, 3.8) is 0 Å². The van der Waals surface area contributed by atoms with Gasteiger partial charge in [-0.1, -0.05) is 6.07 Å². The molecule has 0 radical (unpaired) electrons. The number of methoxy groups -OCH3 is 1. The summed E-state index contributed by atoms with van der Waals surface area (Å²) in [7, 11) is 1.31. The third kappa shape index (κ3) is 3.42. The van der Waals surface area contributed by atoms with Gasteiger partial charge in [-0.25, -0.2) is 9.78 Å². The normalized spacial score (nSPS) is 10.0. The molecule has 6 nitrogen and oxygen atoms in total. The number of carbonyl (C=O) groups excluding carboxylic acids is 2. The lowest BCUT2D eigenvalue weighted by Crippen LogP contribution is -2.15. The maximum atomic E-state index is 12.1. The highest BCUT2D eigenvalue weighted by atomic mass is 16.5. The van der Waals surface area contributed by atoms with E-state index in [2.05, 4.69) is 20.0 Å². The number of hydrogen-bond donors (Lipinski definition) is 1. The van der Waals surface area contributed by atoms with Crippen molar-refractivity contribution >= 4 is 17.6 Å². The van der Waals surface area contributed by atoms with Gasteiger partial charge >= 0.3 is 5.97 Å². The standard InChI is InChI=1S/C15H15N3O3/c1-9-4-5-11(15(20)21-3)6-12(9)18-14(19)13-8-16-10(2)7-17-13/h4-8H,1-3H3,(H,18,19). The van der Waals surface area contributed by atoms with Gasteiger partial charge in [0.15, 0.2) is 0 Å². The second-order valence-electron chi connectivity index (χ2n) is 4.52. The molecule has 0 saturated heterocycles. The predicted molar refractivity (Wildman–Crippen MR) is 77.2 cm³/mol. The molecule has 0 aliphatic heterocycles. The van der Waals surface area contributed by atoms with Gasteiger partial charge in [-0.15, -0.1) is 0 Å². The van der Waals surface area contributed by atoms with Crippen LogP contribution in [0.1, 0.15) is 32.1 Å². The van der Waals surface area contributed by atoms with Crippen molar-refractivity contribution in [1.29, 1.82) is 0 Å². The molecule has 0 saturated carbocycles. The van der Waals surface area contributed by atoms with Gasteiger partial charge < -0.3 is 10.1 Å². The average molecular weight is 285 g/mol. The third-order valence-corrected chi connectivity index (χ3v) is 2.92. The van der Waals surface area contributed by atoms with Gasteiger partial charge in [0.05, 0.1) is 24.6 Å². The smallest absolute Gasteiger partial charge is 0.337 e. The molecule has 1 N–H and O–H groups in total. The van der Waals surface area contributed by atoms with Crippen LogP contribution in [0, 0.1) is 13.8 Å². The molecule has 0 spiro atoms. The van der Waals surface area contributed by atoms with Gasteiger partial charge in [0, 0.05) is 11.9 Å². The summed E-state index contributed by atoms with van der Waals surface area (Å²) in [5.41, 5.74) is 2.67. The zero-order valence-corrected chi connectivity index (χ0v) is 12.0. The van der Waals surface area contributed by atoms with Crippen molar-refractivity contribution < 1.29 is 14.3 Å². The molecule has 0 bridgehead atoms. The van der Waals surface area contributed by atoms with Gasteiger partial charge in [0.1, 0.15) is 5.69 Å². The maximum absolute atomic E-state index is 12.1. The van der Waals surface area contributed by atoms with Gasteiger partial charge in [-0.3, -0.25) is 9.78 Å². The average Bonchev–Trinajstić information content (AvgIpc) is 2.49. The minimum absolute atomic E-state index is 0.212. The molecule has 6 heteroatoms. The van der Waals surface area contributed by atoms with Crippen LogP contribution in [0.5, 0.6) is 0 Å². The number of carbonyl (C=O) groups is 2. The van der Waals surface area contributed by atoms with Crippen LogP contribution >= 0.6 is 0 Å². The molecule has 2 aromatic rings. The van der Waals surface area contributed by atoms with Crippen LogP contribution in [-0.4, -0.2) is 29.0 Å². The fraction of sp³-hybridized carbons (Fsp3) is 0.200. The van der Waals surface area contributed by atoms with Crippen LogP contribution in [0.25, 0.3) is 0 Å². The van der Waals surface area contributed by atoms with E-state index in [-0.39, 0.29) is 11.6 Å². The Balaban J connectivity index is 2.24. The number of nitrogens with zero attached hydrogens (tertiary/aromatic N) is 2. The van der Waals surface area contributed by atoms with Crippen LogP contribution in [0.15, 0.2) is 30.6 Å². The summed E-state index contributed by atoms with van der Waals surface area (Å²) in [6.07, 6.45) is 2.93. The Bertz CT molecular complexity index is 681. The van der Waals surface area contributed by atoms with Crippen molar-refractivity contribution in [3.8, 4) is 0 Å². The van der Waals surface area contributed by atoms with Crippen molar-refractivity contribution in [2.75, 3.05) is 12.4 Å². The Morgan fingerprint density at radius 2 is 1.90 bits per heavy atom. The third-order valence-electron chi connectivity index (χ3n) is 2.92. The Hall–Kier alpha value is -2.76. The summed E-state index contributed by atoms with van der Waals surface area (Å²) >= 11 is 0. The van der Waals surface area contributed by atoms with Gasteiger partial charge in [-0.2, -0.15) is 0 Å². The van der Waals surface area contributed by atoms with E-state index in [0.717, 1.165) is 11.3 Å². The van der Waals surface area contributed by atoms with Crippen LogP contribution in [0.4, 0.5) is 5.69 Å². The highest BCUT2D eigenvalue weighted by molar-refractivity contribution is 6.03. The van der Waals surface area contributed by atoms with Crippen LogP contribution in [-0.2, 0) is 4.74 Å². The Kier molecular flexibility index (Phi) is 4.27. The molecule has 108 valence electrons. The quantitative estimate of drug-likeness (QED) is 0.874. The molecule has 0 aliphatic rings. The summed E-state index contributed by atoms with van der Waals surface area (Å²) in [6, 6.07) is 4.95. The van der Waals surface area contributed by atoms with E-state index in [0.29, 0.717) is 11.3 Å². The summed E-state index contributed by atoms with van der Waals surface area (Å²) < 4.78 is 4.66. The van der Waals surface area contributed by atoms with E-state index in [1.54, 1.807) is 25.1 Å². The van der Waals surface area contributed by atoms with Crippen LogP contribution in [0.3, 0.4) is 0 Å². The zero-order valence-electron chi connectivity index (χ0n) is 12.0. The number of benzene rings is 1. The van der Waals surface area contributed by atoms with Gasteiger partial charge in [-0.05, 0) is 31.5 Å². The van der Waals surface area contributed by atoms with Gasteiger partial charge in [0.2, 0.25) is 0 Å². The Morgan fingerprint density at radius 3 is 2.52 bits per heavy atom. The lowest BCUT2D eigenvalue weighted by Gasteiger charge is -2.09. The first kappa shape index (κ1) is 14.6. The molecule has 0 unspecified atom stereocenters. The van der Waals surface area contributed by atoms with E-state index in [9.17, 15) is 9.59 Å². The summed E-state index contributed by atoms with van der Waals surface area (Å²) in [5.74, 6) is -0.840. The number of nitrogens with one attached hydrogen (secondary N) is 1. The van der Waals surface area contributed by atoms with E-state index in [1.807, 2.05) is 6.92 Å². The largest absolute Gasteiger partial charge is 0.465 e. The molecule has 0 fully saturated rings. The van der Waals surface area contributed by atoms with E-state index in [4.69, 9.17) is 0 Å². The van der Waals surface area contributed by atoms with E-state index >= 15 is 0 Å². The topological polar surface area (TPSA) is 81.2 Å². The first-order valence-electron chi connectivity index (χ1n) is 6.30. The van der Waals surface area contributed by atoms with Crippen LogP contribution < -0.4 is 5.32 Å². The molecule has 21 heavy (non-hydrogen) atoms. The summed E-state index contributed by atoms with van der Waals surface area (Å²) in [4.78, 5) is 31.6. The molecular formula is C15H15N3O3. The van der Waals surface area contributed by atoms with E-state index in [1.165, 1.54) is 19.5 Å². The first-order chi connectivity index (χ1) is 10.0. The number of hydrogen-bond acceptors (Lipinski definition) is 5. The first-order valence-corrected chi connectivity index (χ1v) is 6.30. The Morgan fingerprint density at radius 1 is 1.14 bits per heavy atom. The number of esters is 1. The number of ether oxygens (including phenoxy) is 1. The van der Waals surface area contributed by atoms with Crippen molar-refractivity contribution in [2.45, 2.75) is 13.8 Å². The molecule has 1 aromatic heterocycles. The number of aromatic nitrogens is 2. The molecule has 1 amide bonds. The molecule has 2 rings (SSSR count). The fourth-order valence-corrected chi connectivity index (χ4v) is 1.70. The number of anilines is 1. The van der Waals surface area contributed by atoms with Crippen molar-refractivity contribution in [3.05, 3.63) is 53.1 Å². The van der Waals surface area contributed by atoms with Crippen molar-refractivity contribution in [2.24, 2.45) is 0 Å². The minimum Gasteiger partial charge on any atom is -0.465 e. The monoisotopic (exact) mass is 285 g/mol. The lowest BCUT2D eigenvalue weighted by atomic mass is 10.1. The molecule has 0 aliphatic carbocycles. The van der Waals surface area contributed by atoms with Gasteiger partial charge in [0.25, 0.3) is 5.91 Å². The fourth-order valence-electron chi connectivity index (χ4n) is 1.70. The minimum atomic E-state index is -0.458. The summed E-state index contributed by atoms with van der Waals surface area (Å²) in [6.45, 7) is 3.62. The van der Waals surface area contributed by atoms with E-state index < -0.39 is 5.97 Å². The highest BCUT2D eigenvalue weighted by Gasteiger charge is 2.12. The SMILES string of the molecule is COC(=O)c1ccc(C)c(NC(=O)c2cnc(C)cn2)c1. The zero-order chi connectivity index (χ0) is 15.4. The number of rotatable bonds is 3. The second kappa shape index (κ2) is 6.13. The Labute approximate surface area is 122 Å². The predicted octanol–water partition coefficient (Wildman–Crippen LogP) is 2.13. The van der Waals surface area contributed by atoms with Crippen molar-refractivity contribution in [1.82, 2.24) is 9.97 Å². The second-order valence-corrected chi connectivity index (χ2v) is 4.52. The number of aryl methyl sites for hydroxylation is 2. The molecule has 1 aromatic carbocycles. The number of amides is 1. The molecular weight excluding hydrogens is 270 g/mol. The lowest BCUT2D eigenvalue weighted by molar-refractivity contribution is 0.0600. The molecule has 1 heterocycles.